The van der Waals surface area contributed by atoms with E-state index in [1.807, 2.05) is 32.0 Å². The Morgan fingerprint density at radius 3 is 2.71 bits per heavy atom. The highest BCUT2D eigenvalue weighted by molar-refractivity contribution is 7.85. The quantitative estimate of drug-likeness (QED) is 0.728. The Kier molecular flexibility index (Phi) is 5.51. The lowest BCUT2D eigenvalue weighted by molar-refractivity contribution is 0.102. The molecule has 0 radical (unpaired) electrons. The Morgan fingerprint density at radius 2 is 2.06 bits per heavy atom. The molecule has 1 aromatic rings. The molecule has 0 bridgehead atoms. The SMILES string of the molecule is COCCS(=O)CC(=O)c1cc(C)ccc1C. The van der Waals surface area contributed by atoms with E-state index in [0.717, 1.165) is 11.1 Å². The Hall–Kier alpha value is -1.00. The fraction of sp³-hybridized carbons (Fsp3) is 0.462. The van der Waals surface area contributed by atoms with Crippen LogP contribution >= 0.6 is 0 Å². The van der Waals surface area contributed by atoms with Crippen molar-refractivity contribution in [2.45, 2.75) is 13.8 Å². The van der Waals surface area contributed by atoms with E-state index in [-0.39, 0.29) is 11.5 Å². The molecule has 0 saturated carbocycles. The number of rotatable bonds is 6. The minimum absolute atomic E-state index is 0.0550. The van der Waals surface area contributed by atoms with E-state index >= 15 is 0 Å². The van der Waals surface area contributed by atoms with Gasteiger partial charge in [-0.15, -0.1) is 0 Å². The molecule has 1 rings (SSSR count). The van der Waals surface area contributed by atoms with Gasteiger partial charge in [-0.25, -0.2) is 0 Å². The molecule has 0 N–H and O–H groups in total. The van der Waals surface area contributed by atoms with Gasteiger partial charge in [0.1, 0.15) is 0 Å². The fourth-order valence-electron chi connectivity index (χ4n) is 1.51. The lowest BCUT2D eigenvalue weighted by atomic mass is 10.0. The molecular formula is C13H18O3S. The molecule has 1 unspecified atom stereocenters. The van der Waals surface area contributed by atoms with Gasteiger partial charge in [0.15, 0.2) is 5.78 Å². The number of carbonyl (C=O) groups excluding carboxylic acids is 1. The second-order valence-corrected chi connectivity index (χ2v) is 5.60. The van der Waals surface area contributed by atoms with Crippen molar-refractivity contribution in [3.63, 3.8) is 0 Å². The van der Waals surface area contributed by atoms with Crippen molar-refractivity contribution >= 4 is 16.6 Å². The van der Waals surface area contributed by atoms with Gasteiger partial charge in [-0.2, -0.15) is 0 Å². The van der Waals surface area contributed by atoms with E-state index in [1.165, 1.54) is 0 Å². The summed E-state index contributed by atoms with van der Waals surface area (Å²) in [6, 6.07) is 5.74. The molecular weight excluding hydrogens is 236 g/mol. The van der Waals surface area contributed by atoms with Gasteiger partial charge in [-0.05, 0) is 25.5 Å². The zero-order valence-electron chi connectivity index (χ0n) is 10.5. The number of ether oxygens (including phenoxy) is 1. The van der Waals surface area contributed by atoms with Crippen LogP contribution in [0.25, 0.3) is 0 Å². The molecule has 0 aliphatic heterocycles. The molecule has 3 nitrogen and oxygen atoms in total. The van der Waals surface area contributed by atoms with Crippen molar-refractivity contribution in [2.24, 2.45) is 0 Å². The van der Waals surface area contributed by atoms with Crippen LogP contribution in [0.1, 0.15) is 21.5 Å². The number of hydrogen-bond acceptors (Lipinski definition) is 3. The normalized spacial score (nSPS) is 12.4. The Bertz CT molecular complexity index is 427. The molecule has 17 heavy (non-hydrogen) atoms. The summed E-state index contributed by atoms with van der Waals surface area (Å²) in [7, 11) is 0.419. The Morgan fingerprint density at radius 1 is 1.35 bits per heavy atom. The smallest absolute Gasteiger partial charge is 0.175 e. The van der Waals surface area contributed by atoms with Crippen molar-refractivity contribution in [3.05, 3.63) is 34.9 Å². The highest BCUT2D eigenvalue weighted by atomic mass is 32.2. The van der Waals surface area contributed by atoms with Gasteiger partial charge < -0.3 is 4.74 Å². The lowest BCUT2D eigenvalue weighted by Crippen LogP contribution is -2.16. The third-order valence-electron chi connectivity index (χ3n) is 2.50. The Balaban J connectivity index is 2.69. The van der Waals surface area contributed by atoms with Crippen LogP contribution in [-0.4, -0.2) is 35.2 Å². The number of Topliss-reactive ketones (excluding diaryl/α,β-unsaturated/α-hetero) is 1. The summed E-state index contributed by atoms with van der Waals surface area (Å²) in [5.74, 6) is 0.432. The summed E-state index contributed by atoms with van der Waals surface area (Å²) in [4.78, 5) is 12.0. The number of benzene rings is 1. The molecule has 0 aromatic heterocycles. The van der Waals surface area contributed by atoms with Gasteiger partial charge in [-0.3, -0.25) is 9.00 Å². The highest BCUT2D eigenvalue weighted by Crippen LogP contribution is 2.11. The molecule has 0 heterocycles. The topological polar surface area (TPSA) is 43.4 Å². The number of ketones is 1. The van der Waals surface area contributed by atoms with Gasteiger partial charge in [0.05, 0.1) is 12.4 Å². The first-order valence-corrected chi connectivity index (χ1v) is 6.97. The first-order chi connectivity index (χ1) is 8.04. The van der Waals surface area contributed by atoms with E-state index in [0.29, 0.717) is 17.9 Å². The van der Waals surface area contributed by atoms with Crippen LogP contribution < -0.4 is 0 Å². The van der Waals surface area contributed by atoms with Crippen molar-refractivity contribution < 1.29 is 13.7 Å². The zero-order chi connectivity index (χ0) is 12.8. The van der Waals surface area contributed by atoms with E-state index < -0.39 is 10.8 Å². The van der Waals surface area contributed by atoms with Crippen molar-refractivity contribution in [3.8, 4) is 0 Å². The van der Waals surface area contributed by atoms with Gasteiger partial charge in [-0.1, -0.05) is 17.7 Å². The van der Waals surface area contributed by atoms with Gasteiger partial charge in [0, 0.05) is 29.2 Å². The third-order valence-corrected chi connectivity index (χ3v) is 3.71. The van der Waals surface area contributed by atoms with Crippen LogP contribution in [0.15, 0.2) is 18.2 Å². The van der Waals surface area contributed by atoms with E-state index in [4.69, 9.17) is 4.74 Å². The number of aryl methyl sites for hydroxylation is 2. The molecule has 0 spiro atoms. The third kappa shape index (κ3) is 4.40. The summed E-state index contributed by atoms with van der Waals surface area (Å²) >= 11 is 0. The molecule has 4 heteroatoms. The van der Waals surface area contributed by atoms with E-state index in [2.05, 4.69) is 0 Å². The summed E-state index contributed by atoms with van der Waals surface area (Å²) in [5, 5.41) is 0. The van der Waals surface area contributed by atoms with Crippen LogP contribution in [0.3, 0.4) is 0 Å². The predicted molar refractivity (Wildman–Crippen MR) is 70.0 cm³/mol. The first kappa shape index (κ1) is 14.1. The maximum atomic E-state index is 12.0. The average Bonchev–Trinajstić information content (AvgIpc) is 2.29. The van der Waals surface area contributed by atoms with Crippen molar-refractivity contribution in [1.29, 1.82) is 0 Å². The standard InChI is InChI=1S/C13H18O3S/c1-10-4-5-11(2)12(8-10)13(14)9-17(15)7-6-16-3/h4-5,8H,6-7,9H2,1-3H3. The summed E-state index contributed by atoms with van der Waals surface area (Å²) in [6.07, 6.45) is 0. The number of carbonyl (C=O) groups is 1. The van der Waals surface area contributed by atoms with Gasteiger partial charge in [0.25, 0.3) is 0 Å². The monoisotopic (exact) mass is 254 g/mol. The average molecular weight is 254 g/mol. The molecule has 0 aliphatic rings. The molecule has 94 valence electrons. The second-order valence-electron chi connectivity index (χ2n) is 4.02. The maximum absolute atomic E-state index is 12.0. The largest absolute Gasteiger partial charge is 0.384 e. The van der Waals surface area contributed by atoms with Crippen LogP contribution in [-0.2, 0) is 15.5 Å². The van der Waals surface area contributed by atoms with Crippen LogP contribution in [0, 0.1) is 13.8 Å². The van der Waals surface area contributed by atoms with Crippen LogP contribution in [0.4, 0.5) is 0 Å². The molecule has 1 atom stereocenters. The Labute approximate surface area is 105 Å². The maximum Gasteiger partial charge on any atom is 0.175 e. The summed E-state index contributed by atoms with van der Waals surface area (Å²) < 4.78 is 16.4. The number of hydrogen-bond donors (Lipinski definition) is 0. The van der Waals surface area contributed by atoms with E-state index in [1.54, 1.807) is 7.11 Å². The molecule has 0 aliphatic carbocycles. The minimum atomic E-state index is -1.14. The lowest BCUT2D eigenvalue weighted by Gasteiger charge is -2.06. The molecule has 0 saturated heterocycles. The summed E-state index contributed by atoms with van der Waals surface area (Å²) in [5.41, 5.74) is 2.65. The van der Waals surface area contributed by atoms with Gasteiger partial charge >= 0.3 is 0 Å². The van der Waals surface area contributed by atoms with E-state index in [9.17, 15) is 9.00 Å². The first-order valence-electron chi connectivity index (χ1n) is 5.49. The predicted octanol–water partition coefficient (Wildman–Crippen LogP) is 1.88. The van der Waals surface area contributed by atoms with Crippen LogP contribution in [0.5, 0.6) is 0 Å². The van der Waals surface area contributed by atoms with Gasteiger partial charge in [0.2, 0.25) is 0 Å². The molecule has 1 aromatic carbocycles. The highest BCUT2D eigenvalue weighted by Gasteiger charge is 2.12. The molecule has 0 amide bonds. The van der Waals surface area contributed by atoms with Crippen molar-refractivity contribution in [2.75, 3.05) is 25.2 Å². The summed E-state index contributed by atoms with van der Waals surface area (Å²) in [6.45, 7) is 4.26. The second kappa shape index (κ2) is 6.67. The number of methoxy groups -OCH3 is 1. The minimum Gasteiger partial charge on any atom is -0.384 e. The zero-order valence-corrected chi connectivity index (χ0v) is 11.3. The molecule has 0 fully saturated rings. The van der Waals surface area contributed by atoms with Crippen LogP contribution in [0.2, 0.25) is 0 Å². The van der Waals surface area contributed by atoms with Crippen molar-refractivity contribution in [1.82, 2.24) is 0 Å². The fourth-order valence-corrected chi connectivity index (χ4v) is 2.45.